The van der Waals surface area contributed by atoms with Crippen molar-refractivity contribution in [2.45, 2.75) is 26.3 Å². The zero-order chi connectivity index (χ0) is 13.8. The summed E-state index contributed by atoms with van der Waals surface area (Å²) in [7, 11) is 0. The number of halogens is 2. The second kappa shape index (κ2) is 6.82. The first-order valence-electron chi connectivity index (χ1n) is 6.97. The van der Waals surface area contributed by atoms with Crippen LogP contribution in [0.5, 0.6) is 0 Å². The van der Waals surface area contributed by atoms with Crippen LogP contribution in [0.3, 0.4) is 0 Å². The molecular weight excluding hydrogens is 307 g/mol. The van der Waals surface area contributed by atoms with E-state index in [0.29, 0.717) is 12.0 Å². The Morgan fingerprint density at radius 2 is 2.00 bits per heavy atom. The molecule has 0 bridgehead atoms. The number of hydrogen-bond acceptors (Lipinski definition) is 2. The highest BCUT2D eigenvalue weighted by Crippen LogP contribution is 2.33. The van der Waals surface area contributed by atoms with Gasteiger partial charge in [-0.1, -0.05) is 29.8 Å². The maximum absolute atomic E-state index is 13.6. The second-order valence-electron chi connectivity index (χ2n) is 5.60. The molecule has 2 rings (SSSR count). The fourth-order valence-corrected chi connectivity index (χ4v) is 3.19. The fourth-order valence-electron chi connectivity index (χ4n) is 2.68. The Morgan fingerprint density at radius 3 is 2.63 bits per heavy atom. The fraction of sp³-hybridized carbons (Fsp3) is 0.600. The van der Waals surface area contributed by atoms with Gasteiger partial charge in [-0.05, 0) is 36.1 Å². The molecule has 0 radical (unpaired) electrons. The van der Waals surface area contributed by atoms with Crippen molar-refractivity contribution in [3.63, 3.8) is 0 Å². The van der Waals surface area contributed by atoms with E-state index in [-0.39, 0.29) is 5.82 Å². The Kier molecular flexibility index (Phi) is 5.37. The van der Waals surface area contributed by atoms with Crippen LogP contribution in [-0.4, -0.2) is 31.1 Å². The first kappa shape index (κ1) is 14.9. The van der Waals surface area contributed by atoms with E-state index < -0.39 is 0 Å². The van der Waals surface area contributed by atoms with Gasteiger partial charge in [-0.15, -0.1) is 0 Å². The summed E-state index contributed by atoms with van der Waals surface area (Å²) in [6.07, 6.45) is 1.06. The Morgan fingerprint density at radius 1 is 1.32 bits per heavy atom. The summed E-state index contributed by atoms with van der Waals surface area (Å²) in [6.45, 7) is 8.54. The summed E-state index contributed by atoms with van der Waals surface area (Å²) in [6, 6.07) is 5.31. The van der Waals surface area contributed by atoms with Crippen LogP contribution in [0.15, 0.2) is 22.7 Å². The smallest absolute Gasteiger partial charge is 0.123 e. The predicted molar refractivity (Wildman–Crippen MR) is 80.7 cm³/mol. The van der Waals surface area contributed by atoms with Crippen molar-refractivity contribution in [3.05, 3.63) is 34.1 Å². The third-order valence-corrected chi connectivity index (χ3v) is 4.33. The van der Waals surface area contributed by atoms with Crippen LogP contribution in [0.1, 0.15) is 31.9 Å². The molecule has 0 unspecified atom stereocenters. The van der Waals surface area contributed by atoms with Crippen molar-refractivity contribution < 1.29 is 4.39 Å². The zero-order valence-electron chi connectivity index (χ0n) is 11.6. The monoisotopic (exact) mass is 328 g/mol. The Hall–Kier alpha value is -0.450. The Bertz CT molecular complexity index is 417. The number of piperazine rings is 1. The lowest BCUT2D eigenvalue weighted by Gasteiger charge is -2.36. The topological polar surface area (TPSA) is 15.3 Å². The molecule has 19 heavy (non-hydrogen) atoms. The molecule has 1 atom stereocenters. The van der Waals surface area contributed by atoms with E-state index in [2.05, 4.69) is 40.0 Å². The molecule has 1 heterocycles. The average Bonchev–Trinajstić information content (AvgIpc) is 2.40. The molecule has 0 aromatic heterocycles. The first-order chi connectivity index (χ1) is 9.08. The summed E-state index contributed by atoms with van der Waals surface area (Å²) in [5.41, 5.74) is 1.08. The van der Waals surface area contributed by atoms with Gasteiger partial charge in [-0.25, -0.2) is 4.39 Å². The van der Waals surface area contributed by atoms with Gasteiger partial charge >= 0.3 is 0 Å². The number of nitrogens with one attached hydrogen (secondary N) is 1. The molecule has 1 N–H and O–H groups in total. The second-order valence-corrected chi connectivity index (χ2v) is 6.45. The summed E-state index contributed by atoms with van der Waals surface area (Å²) < 4.78 is 14.6. The molecule has 106 valence electrons. The van der Waals surface area contributed by atoms with Crippen LogP contribution >= 0.6 is 15.9 Å². The molecule has 0 spiro atoms. The summed E-state index contributed by atoms with van der Waals surface area (Å²) in [5, 5.41) is 3.37. The first-order valence-corrected chi connectivity index (χ1v) is 7.77. The van der Waals surface area contributed by atoms with Gasteiger partial charge < -0.3 is 5.32 Å². The molecule has 2 nitrogen and oxygen atoms in total. The quantitative estimate of drug-likeness (QED) is 0.908. The van der Waals surface area contributed by atoms with Gasteiger partial charge in [0.05, 0.1) is 0 Å². The molecule has 1 aliphatic heterocycles. The van der Waals surface area contributed by atoms with Crippen LogP contribution in [0, 0.1) is 11.7 Å². The summed E-state index contributed by atoms with van der Waals surface area (Å²) in [5.74, 6) is 0.442. The molecule has 1 saturated heterocycles. The number of nitrogens with zero attached hydrogens (tertiary/aromatic N) is 1. The van der Waals surface area contributed by atoms with Crippen molar-refractivity contribution in [2.24, 2.45) is 5.92 Å². The molecule has 0 saturated carbocycles. The SMILES string of the molecule is CC(C)C[C@H](c1cc(F)ccc1Br)N1CCNCC1. The van der Waals surface area contributed by atoms with Crippen LogP contribution in [-0.2, 0) is 0 Å². The van der Waals surface area contributed by atoms with Gasteiger partial charge in [0.1, 0.15) is 5.82 Å². The van der Waals surface area contributed by atoms with Crippen molar-refractivity contribution in [2.75, 3.05) is 26.2 Å². The molecule has 1 aromatic rings. The van der Waals surface area contributed by atoms with E-state index in [4.69, 9.17) is 0 Å². The molecule has 0 aliphatic carbocycles. The summed E-state index contributed by atoms with van der Waals surface area (Å²) in [4.78, 5) is 2.47. The third-order valence-electron chi connectivity index (χ3n) is 3.60. The minimum absolute atomic E-state index is 0.151. The zero-order valence-corrected chi connectivity index (χ0v) is 13.2. The maximum Gasteiger partial charge on any atom is 0.123 e. The van der Waals surface area contributed by atoms with Crippen molar-refractivity contribution >= 4 is 15.9 Å². The van der Waals surface area contributed by atoms with E-state index in [1.807, 2.05) is 6.07 Å². The minimum atomic E-state index is -0.151. The molecule has 1 aliphatic rings. The van der Waals surface area contributed by atoms with E-state index >= 15 is 0 Å². The van der Waals surface area contributed by atoms with Crippen LogP contribution in [0.25, 0.3) is 0 Å². The van der Waals surface area contributed by atoms with Crippen molar-refractivity contribution in [1.29, 1.82) is 0 Å². The van der Waals surface area contributed by atoms with Gasteiger partial charge in [0.2, 0.25) is 0 Å². The van der Waals surface area contributed by atoms with Gasteiger partial charge in [-0.2, -0.15) is 0 Å². The molecule has 1 aromatic carbocycles. The van der Waals surface area contributed by atoms with Gasteiger partial charge in [0.15, 0.2) is 0 Å². The molecular formula is C15H22BrFN2. The van der Waals surface area contributed by atoms with Crippen LogP contribution in [0.2, 0.25) is 0 Å². The average molecular weight is 329 g/mol. The molecule has 0 amide bonds. The molecule has 4 heteroatoms. The lowest BCUT2D eigenvalue weighted by molar-refractivity contribution is 0.153. The lowest BCUT2D eigenvalue weighted by atomic mass is 9.95. The maximum atomic E-state index is 13.6. The van der Waals surface area contributed by atoms with E-state index in [1.54, 1.807) is 6.07 Å². The largest absolute Gasteiger partial charge is 0.314 e. The summed E-state index contributed by atoms with van der Waals surface area (Å²) >= 11 is 3.58. The number of rotatable bonds is 4. The van der Waals surface area contributed by atoms with Crippen molar-refractivity contribution in [1.82, 2.24) is 10.2 Å². The molecule has 1 fully saturated rings. The van der Waals surface area contributed by atoms with E-state index in [0.717, 1.165) is 42.6 Å². The van der Waals surface area contributed by atoms with Gasteiger partial charge in [-0.3, -0.25) is 4.90 Å². The Labute approximate surface area is 123 Å². The van der Waals surface area contributed by atoms with Crippen molar-refractivity contribution in [3.8, 4) is 0 Å². The minimum Gasteiger partial charge on any atom is -0.314 e. The number of hydrogen-bond donors (Lipinski definition) is 1. The predicted octanol–water partition coefficient (Wildman–Crippen LogP) is 3.58. The van der Waals surface area contributed by atoms with Gasteiger partial charge in [0.25, 0.3) is 0 Å². The standard InChI is InChI=1S/C15H22BrFN2/c1-11(2)9-15(19-7-5-18-6-8-19)13-10-12(17)3-4-14(13)16/h3-4,10-11,15,18H,5-9H2,1-2H3/t15-/m1/s1. The van der Waals surface area contributed by atoms with Crippen LogP contribution < -0.4 is 5.32 Å². The Balaban J connectivity index is 2.27. The van der Waals surface area contributed by atoms with Gasteiger partial charge in [0, 0.05) is 36.7 Å². The van der Waals surface area contributed by atoms with E-state index in [9.17, 15) is 4.39 Å². The number of benzene rings is 1. The highest BCUT2D eigenvalue weighted by molar-refractivity contribution is 9.10. The third kappa shape index (κ3) is 4.01. The van der Waals surface area contributed by atoms with E-state index in [1.165, 1.54) is 6.07 Å². The van der Waals surface area contributed by atoms with Crippen LogP contribution in [0.4, 0.5) is 4.39 Å². The normalized spacial score (nSPS) is 18.8. The highest BCUT2D eigenvalue weighted by atomic mass is 79.9. The lowest BCUT2D eigenvalue weighted by Crippen LogP contribution is -2.45. The highest BCUT2D eigenvalue weighted by Gasteiger charge is 2.24.